The minimum absolute atomic E-state index is 0.232. The summed E-state index contributed by atoms with van der Waals surface area (Å²) in [6.45, 7) is 5.52. The molecule has 152 valence electrons. The monoisotopic (exact) mass is 402 g/mol. The number of hydrogen-bond donors (Lipinski definition) is 0. The van der Waals surface area contributed by atoms with E-state index >= 15 is 0 Å². The number of para-hydroxylation sites is 1. The lowest BCUT2D eigenvalue weighted by Crippen LogP contribution is -2.22. The van der Waals surface area contributed by atoms with Crippen LogP contribution in [0.1, 0.15) is 28.7 Å². The van der Waals surface area contributed by atoms with Crippen LogP contribution in [0.3, 0.4) is 0 Å². The topological polar surface area (TPSA) is 70.4 Å². The van der Waals surface area contributed by atoms with Gasteiger partial charge in [0.25, 0.3) is 5.56 Å². The Morgan fingerprint density at radius 2 is 1.77 bits per heavy atom. The molecular formula is C24H22N2O4. The summed E-state index contributed by atoms with van der Waals surface area (Å²) in [5, 5.41) is 1.67. The van der Waals surface area contributed by atoms with E-state index in [4.69, 9.17) is 9.47 Å². The lowest BCUT2D eigenvalue weighted by molar-refractivity contribution is 0.0527. The van der Waals surface area contributed by atoms with Crippen LogP contribution in [0, 0.1) is 13.8 Å². The van der Waals surface area contributed by atoms with Crippen molar-refractivity contribution >= 4 is 27.6 Å². The minimum atomic E-state index is -0.492. The normalized spacial score (nSPS) is 11.1. The third-order valence-electron chi connectivity index (χ3n) is 5.18. The quantitative estimate of drug-likeness (QED) is 0.375. The molecule has 4 aromatic rings. The van der Waals surface area contributed by atoms with E-state index < -0.39 is 5.97 Å². The Hall–Kier alpha value is -3.67. The Balaban J connectivity index is 2.30. The van der Waals surface area contributed by atoms with Crippen molar-refractivity contribution in [3.8, 4) is 11.4 Å². The molecule has 30 heavy (non-hydrogen) atoms. The van der Waals surface area contributed by atoms with E-state index in [1.807, 2.05) is 42.5 Å². The molecule has 6 nitrogen and oxygen atoms in total. The highest BCUT2D eigenvalue weighted by atomic mass is 16.5. The molecule has 4 rings (SSSR count). The van der Waals surface area contributed by atoms with E-state index in [9.17, 15) is 9.59 Å². The smallest absolute Gasteiger partial charge is 0.340 e. The van der Waals surface area contributed by atoms with Crippen molar-refractivity contribution < 1.29 is 14.3 Å². The second-order valence-corrected chi connectivity index (χ2v) is 6.99. The fourth-order valence-corrected chi connectivity index (χ4v) is 3.93. The maximum Gasteiger partial charge on any atom is 0.340 e. The first kappa shape index (κ1) is 19.6. The molecule has 2 aromatic heterocycles. The number of benzene rings is 2. The van der Waals surface area contributed by atoms with Gasteiger partial charge in [-0.3, -0.25) is 14.3 Å². The molecule has 0 amide bonds. The number of pyridine rings is 2. The van der Waals surface area contributed by atoms with Gasteiger partial charge in [-0.1, -0.05) is 18.2 Å². The summed E-state index contributed by atoms with van der Waals surface area (Å²) in [5.41, 5.74) is 2.58. The Labute approximate surface area is 173 Å². The van der Waals surface area contributed by atoms with Crippen LogP contribution < -0.4 is 10.3 Å². The third kappa shape index (κ3) is 3.01. The van der Waals surface area contributed by atoms with Gasteiger partial charge in [-0.2, -0.15) is 0 Å². The summed E-state index contributed by atoms with van der Waals surface area (Å²) in [6, 6.07) is 14.9. The highest BCUT2D eigenvalue weighted by Gasteiger charge is 2.24. The van der Waals surface area contributed by atoms with E-state index in [0.29, 0.717) is 39.0 Å². The summed E-state index contributed by atoms with van der Waals surface area (Å²) in [6.07, 6.45) is 0. The highest BCUT2D eigenvalue weighted by molar-refractivity contribution is 6.17. The Bertz CT molecular complexity index is 1340. The van der Waals surface area contributed by atoms with E-state index in [0.717, 1.165) is 11.1 Å². The summed E-state index contributed by atoms with van der Waals surface area (Å²) in [4.78, 5) is 31.1. The molecule has 0 saturated heterocycles. The number of aryl methyl sites for hydroxylation is 2. The van der Waals surface area contributed by atoms with Gasteiger partial charge in [-0.05, 0) is 51.1 Å². The molecular weight excluding hydrogens is 380 g/mol. The van der Waals surface area contributed by atoms with Crippen molar-refractivity contribution in [2.24, 2.45) is 0 Å². The molecule has 0 radical (unpaired) electrons. The molecule has 0 N–H and O–H groups in total. The predicted molar refractivity (Wildman–Crippen MR) is 117 cm³/mol. The number of methoxy groups -OCH3 is 1. The first-order valence-corrected chi connectivity index (χ1v) is 9.74. The van der Waals surface area contributed by atoms with Crippen LogP contribution in [0.2, 0.25) is 0 Å². The number of nitrogens with zero attached hydrogens (tertiary/aromatic N) is 2. The fourth-order valence-electron chi connectivity index (χ4n) is 3.93. The standard InChI is InChI=1S/C24H22N2O4/c1-5-30-24(28)21-15(3)25-14(2)20-22(21)18-13-17(29-4)11-12-19(18)26(23(20)27)16-9-7-6-8-10-16/h6-13H,5H2,1-4H3. The number of aromatic nitrogens is 2. The van der Waals surface area contributed by atoms with Gasteiger partial charge in [0, 0.05) is 16.5 Å². The van der Waals surface area contributed by atoms with E-state index in [1.165, 1.54) is 0 Å². The molecule has 0 aliphatic carbocycles. The third-order valence-corrected chi connectivity index (χ3v) is 5.18. The van der Waals surface area contributed by atoms with Gasteiger partial charge in [-0.15, -0.1) is 0 Å². The molecule has 2 aromatic carbocycles. The average Bonchev–Trinajstić information content (AvgIpc) is 2.74. The van der Waals surface area contributed by atoms with Gasteiger partial charge in [0.1, 0.15) is 5.75 Å². The Morgan fingerprint density at radius 1 is 1.03 bits per heavy atom. The first-order valence-electron chi connectivity index (χ1n) is 9.74. The van der Waals surface area contributed by atoms with Crippen molar-refractivity contribution in [1.29, 1.82) is 0 Å². The molecule has 0 fully saturated rings. The second-order valence-electron chi connectivity index (χ2n) is 6.99. The number of rotatable bonds is 4. The number of hydrogen-bond acceptors (Lipinski definition) is 5. The Kier molecular flexibility index (Phi) is 4.99. The van der Waals surface area contributed by atoms with Crippen LogP contribution in [0.4, 0.5) is 0 Å². The van der Waals surface area contributed by atoms with Crippen LogP contribution in [-0.2, 0) is 4.74 Å². The van der Waals surface area contributed by atoms with Gasteiger partial charge >= 0.3 is 5.97 Å². The number of esters is 1. The highest BCUT2D eigenvalue weighted by Crippen LogP contribution is 2.33. The van der Waals surface area contributed by atoms with Crippen molar-refractivity contribution in [2.45, 2.75) is 20.8 Å². The van der Waals surface area contributed by atoms with Crippen molar-refractivity contribution in [3.63, 3.8) is 0 Å². The average molecular weight is 402 g/mol. The lowest BCUT2D eigenvalue weighted by Gasteiger charge is -2.18. The van der Waals surface area contributed by atoms with Crippen LogP contribution in [-0.4, -0.2) is 29.2 Å². The largest absolute Gasteiger partial charge is 0.497 e. The Morgan fingerprint density at radius 3 is 2.43 bits per heavy atom. The molecule has 0 saturated carbocycles. The molecule has 6 heteroatoms. The molecule has 0 atom stereocenters. The van der Waals surface area contributed by atoms with Gasteiger partial charge in [-0.25, -0.2) is 4.79 Å². The summed E-state index contributed by atoms with van der Waals surface area (Å²) < 4.78 is 12.4. The summed E-state index contributed by atoms with van der Waals surface area (Å²) in [5.74, 6) is 0.137. The molecule has 0 bridgehead atoms. The number of carbonyl (C=O) groups is 1. The zero-order valence-corrected chi connectivity index (χ0v) is 17.4. The van der Waals surface area contributed by atoms with E-state index in [1.54, 1.807) is 38.5 Å². The number of fused-ring (bicyclic) bond motifs is 3. The molecule has 0 aliphatic heterocycles. The maximum atomic E-state index is 13.7. The molecule has 0 unspecified atom stereocenters. The van der Waals surface area contributed by atoms with Gasteiger partial charge < -0.3 is 9.47 Å². The zero-order chi connectivity index (χ0) is 21.4. The SMILES string of the molecule is CCOC(=O)c1c(C)nc(C)c2c(=O)n(-c3ccccc3)c3ccc(OC)cc3c12. The van der Waals surface area contributed by atoms with Crippen molar-refractivity contribution in [1.82, 2.24) is 9.55 Å². The van der Waals surface area contributed by atoms with E-state index in [2.05, 4.69) is 4.98 Å². The fraction of sp³-hybridized carbons (Fsp3) is 0.208. The molecule has 0 aliphatic rings. The van der Waals surface area contributed by atoms with Crippen LogP contribution in [0.15, 0.2) is 53.3 Å². The first-order chi connectivity index (χ1) is 14.5. The van der Waals surface area contributed by atoms with Gasteiger partial charge in [0.05, 0.1) is 41.6 Å². The van der Waals surface area contributed by atoms with Gasteiger partial charge in [0.2, 0.25) is 0 Å². The van der Waals surface area contributed by atoms with Crippen LogP contribution in [0.5, 0.6) is 5.75 Å². The van der Waals surface area contributed by atoms with Gasteiger partial charge in [0.15, 0.2) is 0 Å². The number of ether oxygens (including phenoxy) is 2. The van der Waals surface area contributed by atoms with E-state index in [-0.39, 0.29) is 12.2 Å². The molecule has 0 spiro atoms. The zero-order valence-electron chi connectivity index (χ0n) is 17.4. The lowest BCUT2D eigenvalue weighted by atomic mass is 9.98. The van der Waals surface area contributed by atoms with Crippen molar-refractivity contribution in [3.05, 3.63) is 75.8 Å². The minimum Gasteiger partial charge on any atom is -0.497 e. The maximum absolute atomic E-state index is 13.7. The van der Waals surface area contributed by atoms with Crippen molar-refractivity contribution in [2.75, 3.05) is 13.7 Å². The molecule has 2 heterocycles. The second kappa shape index (κ2) is 7.63. The van der Waals surface area contributed by atoms with Crippen LogP contribution in [0.25, 0.3) is 27.4 Å². The summed E-state index contributed by atoms with van der Waals surface area (Å²) in [7, 11) is 1.58. The van der Waals surface area contributed by atoms with Crippen LogP contribution >= 0.6 is 0 Å². The predicted octanol–water partition coefficient (Wildman–Crippen LogP) is 4.34. The summed E-state index contributed by atoms with van der Waals surface area (Å²) >= 11 is 0. The number of carbonyl (C=O) groups excluding carboxylic acids is 1.